The lowest BCUT2D eigenvalue weighted by Crippen LogP contribution is -2.15. The molecule has 2 rings (SSSR count). The zero-order valence-corrected chi connectivity index (χ0v) is 12.0. The fourth-order valence-electron chi connectivity index (χ4n) is 1.79. The van der Waals surface area contributed by atoms with Crippen molar-refractivity contribution in [3.63, 3.8) is 0 Å². The molecule has 0 atom stereocenters. The van der Waals surface area contributed by atoms with E-state index in [-0.39, 0.29) is 10.8 Å². The van der Waals surface area contributed by atoms with Gasteiger partial charge in [0.25, 0.3) is 10.0 Å². The molecule has 0 aliphatic rings. The highest BCUT2D eigenvalue weighted by molar-refractivity contribution is 7.92. The number of nitrogens with one attached hydrogen (secondary N) is 1. The number of rotatable bonds is 4. The van der Waals surface area contributed by atoms with Crippen LogP contribution in [0.4, 0.5) is 5.69 Å². The molecule has 0 aromatic heterocycles. The summed E-state index contributed by atoms with van der Waals surface area (Å²) in [4.78, 5) is 0.277. The number of halogens is 1. The minimum Gasteiger partial charge on any atom is -0.279 e. The van der Waals surface area contributed by atoms with Crippen LogP contribution in [0.25, 0.3) is 0 Å². The molecule has 0 amide bonds. The summed E-state index contributed by atoms with van der Waals surface area (Å²) < 4.78 is 27.3. The predicted octanol–water partition coefficient (Wildman–Crippen LogP) is 3.53. The third kappa shape index (κ3) is 3.08. The van der Waals surface area contributed by atoms with E-state index in [0.29, 0.717) is 11.3 Å². The molecule has 100 valence electrons. The second kappa shape index (κ2) is 5.63. The van der Waals surface area contributed by atoms with Gasteiger partial charge in [-0.15, -0.1) is 11.6 Å². The Kier molecular flexibility index (Phi) is 4.12. The molecular weight excluding hydrogens is 282 g/mol. The highest BCUT2D eigenvalue weighted by Gasteiger charge is 2.17. The van der Waals surface area contributed by atoms with Gasteiger partial charge in [-0.05, 0) is 30.2 Å². The lowest BCUT2D eigenvalue weighted by atomic mass is 10.2. The van der Waals surface area contributed by atoms with Crippen LogP contribution < -0.4 is 4.72 Å². The zero-order chi connectivity index (χ0) is 13.9. The number of para-hydroxylation sites is 1. The van der Waals surface area contributed by atoms with Crippen molar-refractivity contribution >= 4 is 27.3 Å². The van der Waals surface area contributed by atoms with Crippen LogP contribution in [0.15, 0.2) is 53.4 Å². The number of hydrogen-bond acceptors (Lipinski definition) is 2. The summed E-state index contributed by atoms with van der Waals surface area (Å²) in [5.74, 6) is 0.256. The summed E-state index contributed by atoms with van der Waals surface area (Å²) >= 11 is 5.80. The molecule has 0 saturated carbocycles. The topological polar surface area (TPSA) is 46.2 Å². The van der Waals surface area contributed by atoms with E-state index in [2.05, 4.69) is 4.72 Å². The molecule has 0 spiro atoms. The summed E-state index contributed by atoms with van der Waals surface area (Å²) in [6.45, 7) is 1.77. The van der Waals surface area contributed by atoms with E-state index in [1.165, 1.54) is 0 Å². The molecule has 2 aromatic rings. The molecule has 0 radical (unpaired) electrons. The number of sulfonamides is 1. The quantitative estimate of drug-likeness (QED) is 0.877. The smallest absolute Gasteiger partial charge is 0.262 e. The molecule has 0 saturated heterocycles. The van der Waals surface area contributed by atoms with Crippen LogP contribution in [0.1, 0.15) is 11.1 Å². The number of benzene rings is 2. The molecule has 3 nitrogen and oxygen atoms in total. The van der Waals surface area contributed by atoms with Crippen molar-refractivity contribution in [3.05, 3.63) is 59.7 Å². The van der Waals surface area contributed by atoms with Gasteiger partial charge in [0.05, 0.1) is 10.6 Å². The van der Waals surface area contributed by atoms with Gasteiger partial charge < -0.3 is 0 Å². The number of hydrogen-bond donors (Lipinski definition) is 1. The van der Waals surface area contributed by atoms with Crippen molar-refractivity contribution < 1.29 is 8.42 Å². The van der Waals surface area contributed by atoms with Gasteiger partial charge in [-0.2, -0.15) is 0 Å². The first-order valence-corrected chi connectivity index (χ1v) is 7.78. The van der Waals surface area contributed by atoms with Gasteiger partial charge in [-0.1, -0.05) is 36.4 Å². The van der Waals surface area contributed by atoms with E-state index in [1.54, 1.807) is 49.4 Å². The van der Waals surface area contributed by atoms with E-state index in [1.807, 2.05) is 6.07 Å². The molecule has 2 aromatic carbocycles. The van der Waals surface area contributed by atoms with Crippen molar-refractivity contribution in [2.24, 2.45) is 0 Å². The second-order valence-corrected chi connectivity index (χ2v) is 6.08. The number of aryl methyl sites for hydroxylation is 1. The molecule has 19 heavy (non-hydrogen) atoms. The molecule has 0 fully saturated rings. The lowest BCUT2D eigenvalue weighted by Gasteiger charge is -2.12. The van der Waals surface area contributed by atoms with Crippen molar-refractivity contribution in [2.45, 2.75) is 17.7 Å². The average molecular weight is 296 g/mol. The fraction of sp³-hybridized carbons (Fsp3) is 0.143. The Morgan fingerprint density at radius 1 is 1.05 bits per heavy atom. The van der Waals surface area contributed by atoms with Gasteiger partial charge >= 0.3 is 0 Å². The monoisotopic (exact) mass is 295 g/mol. The number of anilines is 1. The van der Waals surface area contributed by atoms with Crippen LogP contribution in [0, 0.1) is 6.92 Å². The normalized spacial score (nSPS) is 11.3. The zero-order valence-electron chi connectivity index (χ0n) is 10.4. The van der Waals surface area contributed by atoms with Crippen LogP contribution >= 0.6 is 11.6 Å². The molecule has 0 heterocycles. The largest absolute Gasteiger partial charge is 0.279 e. The highest BCUT2D eigenvalue weighted by atomic mass is 35.5. The van der Waals surface area contributed by atoms with Crippen molar-refractivity contribution in [2.75, 3.05) is 4.72 Å². The third-order valence-corrected chi connectivity index (χ3v) is 4.60. The van der Waals surface area contributed by atoms with Gasteiger partial charge in [-0.25, -0.2) is 8.42 Å². The average Bonchev–Trinajstić information content (AvgIpc) is 2.39. The van der Waals surface area contributed by atoms with Gasteiger partial charge in [0.1, 0.15) is 0 Å². The van der Waals surface area contributed by atoms with Crippen molar-refractivity contribution in [1.82, 2.24) is 0 Å². The maximum Gasteiger partial charge on any atom is 0.262 e. The first-order valence-electron chi connectivity index (χ1n) is 5.77. The summed E-state index contributed by atoms with van der Waals surface area (Å²) in [5, 5.41) is 0. The lowest BCUT2D eigenvalue weighted by molar-refractivity contribution is 0.600. The SMILES string of the molecule is Cc1ccccc1S(=O)(=O)Nc1ccccc1CCl. The Bertz CT molecular complexity index is 683. The van der Waals surface area contributed by atoms with Gasteiger partial charge in [0, 0.05) is 5.88 Å². The Balaban J connectivity index is 2.40. The first kappa shape index (κ1) is 13.9. The second-order valence-electron chi connectivity index (χ2n) is 4.16. The standard InChI is InChI=1S/C14H14ClNO2S/c1-11-6-2-5-9-14(11)19(17,18)16-13-8-4-3-7-12(13)10-15/h2-9,16H,10H2,1H3. The van der Waals surface area contributed by atoms with Crippen molar-refractivity contribution in [3.8, 4) is 0 Å². The predicted molar refractivity (Wildman–Crippen MR) is 78.0 cm³/mol. The van der Waals surface area contributed by atoms with Gasteiger partial charge in [0.2, 0.25) is 0 Å². The Hall–Kier alpha value is -1.52. The van der Waals surface area contributed by atoms with Crippen LogP contribution in [-0.2, 0) is 15.9 Å². The van der Waals surface area contributed by atoms with E-state index in [9.17, 15) is 8.42 Å². The van der Waals surface area contributed by atoms with E-state index < -0.39 is 10.0 Å². The van der Waals surface area contributed by atoms with Gasteiger partial charge in [0.15, 0.2) is 0 Å². The molecule has 0 aliphatic heterocycles. The molecule has 5 heteroatoms. The number of alkyl halides is 1. The molecule has 0 unspecified atom stereocenters. The van der Waals surface area contributed by atoms with Crippen LogP contribution in [0.5, 0.6) is 0 Å². The summed E-state index contributed by atoms with van der Waals surface area (Å²) in [7, 11) is -3.59. The van der Waals surface area contributed by atoms with Gasteiger partial charge in [-0.3, -0.25) is 4.72 Å². The third-order valence-electron chi connectivity index (χ3n) is 2.79. The Labute approximate surface area is 118 Å². The van der Waals surface area contributed by atoms with Crippen LogP contribution in [0.2, 0.25) is 0 Å². The summed E-state index contributed by atoms with van der Waals surface area (Å²) in [5.41, 5.74) is 1.97. The first-order chi connectivity index (χ1) is 9.04. The van der Waals surface area contributed by atoms with Crippen LogP contribution in [-0.4, -0.2) is 8.42 Å². The molecule has 0 bridgehead atoms. The maximum atomic E-state index is 12.3. The summed E-state index contributed by atoms with van der Waals surface area (Å²) in [6.07, 6.45) is 0. The minimum absolute atomic E-state index is 0.256. The van der Waals surface area contributed by atoms with E-state index in [4.69, 9.17) is 11.6 Å². The molecule has 0 aliphatic carbocycles. The van der Waals surface area contributed by atoms with E-state index >= 15 is 0 Å². The van der Waals surface area contributed by atoms with Crippen LogP contribution in [0.3, 0.4) is 0 Å². The van der Waals surface area contributed by atoms with Crippen molar-refractivity contribution in [1.29, 1.82) is 0 Å². The maximum absolute atomic E-state index is 12.3. The molecular formula is C14H14ClNO2S. The minimum atomic E-state index is -3.59. The fourth-order valence-corrected chi connectivity index (χ4v) is 3.38. The molecule has 1 N–H and O–H groups in total. The van der Waals surface area contributed by atoms with E-state index in [0.717, 1.165) is 5.56 Å². The Morgan fingerprint density at radius 3 is 2.37 bits per heavy atom. The summed E-state index contributed by atoms with van der Waals surface area (Å²) in [6, 6.07) is 13.9. The Morgan fingerprint density at radius 2 is 1.68 bits per heavy atom. The highest BCUT2D eigenvalue weighted by Crippen LogP contribution is 2.22.